The van der Waals surface area contributed by atoms with E-state index >= 15 is 0 Å². The van der Waals surface area contributed by atoms with Crippen LogP contribution in [-0.4, -0.2) is 39.0 Å². The van der Waals surface area contributed by atoms with Gasteiger partial charge >= 0.3 is 0 Å². The van der Waals surface area contributed by atoms with Gasteiger partial charge in [-0.25, -0.2) is 0 Å². The predicted molar refractivity (Wildman–Crippen MR) is 59.6 cm³/mol. The molecule has 0 aromatic rings. The lowest BCUT2D eigenvalue weighted by Crippen LogP contribution is -2.29. The van der Waals surface area contributed by atoms with Crippen molar-refractivity contribution in [2.45, 2.75) is 33.8 Å². The van der Waals surface area contributed by atoms with Crippen LogP contribution in [0.5, 0.6) is 0 Å². The molecule has 0 aromatic heterocycles. The lowest BCUT2D eigenvalue weighted by Gasteiger charge is -2.12. The quantitative estimate of drug-likeness (QED) is 0.578. The van der Waals surface area contributed by atoms with Gasteiger partial charge in [0, 0.05) is 26.3 Å². The monoisotopic (exact) mass is 203 g/mol. The molecule has 0 rings (SSSR count). The third-order valence-electron chi connectivity index (χ3n) is 1.76. The van der Waals surface area contributed by atoms with E-state index in [4.69, 9.17) is 9.47 Å². The Balaban J connectivity index is 3.05. The van der Waals surface area contributed by atoms with Gasteiger partial charge in [-0.2, -0.15) is 0 Å². The van der Waals surface area contributed by atoms with Crippen LogP contribution in [0.25, 0.3) is 0 Å². The van der Waals surface area contributed by atoms with Crippen LogP contribution in [0.2, 0.25) is 0 Å². The standard InChI is InChI=1S/C11H25NO2/c1-5-14-11(4)8-12-6-7-13-9-10(2)3/h10-12H,5-9H2,1-4H3. The van der Waals surface area contributed by atoms with Crippen LogP contribution in [-0.2, 0) is 9.47 Å². The van der Waals surface area contributed by atoms with E-state index < -0.39 is 0 Å². The summed E-state index contributed by atoms with van der Waals surface area (Å²) in [7, 11) is 0. The smallest absolute Gasteiger partial charge is 0.0671 e. The molecule has 86 valence electrons. The van der Waals surface area contributed by atoms with Crippen molar-refractivity contribution in [3.63, 3.8) is 0 Å². The molecule has 3 heteroatoms. The van der Waals surface area contributed by atoms with Crippen LogP contribution >= 0.6 is 0 Å². The van der Waals surface area contributed by atoms with Crippen molar-refractivity contribution >= 4 is 0 Å². The lowest BCUT2D eigenvalue weighted by atomic mass is 10.2. The summed E-state index contributed by atoms with van der Waals surface area (Å²) in [6, 6.07) is 0. The first-order chi connectivity index (χ1) is 6.66. The van der Waals surface area contributed by atoms with Crippen molar-refractivity contribution in [3.05, 3.63) is 0 Å². The molecule has 0 amide bonds. The highest BCUT2D eigenvalue weighted by Gasteiger charge is 1.99. The van der Waals surface area contributed by atoms with Gasteiger partial charge in [0.05, 0.1) is 12.7 Å². The van der Waals surface area contributed by atoms with Crippen molar-refractivity contribution in [1.29, 1.82) is 0 Å². The van der Waals surface area contributed by atoms with E-state index in [2.05, 4.69) is 26.1 Å². The second-order valence-corrected chi connectivity index (χ2v) is 3.94. The second-order valence-electron chi connectivity index (χ2n) is 3.94. The SMILES string of the molecule is CCOC(C)CNCCOCC(C)C. The van der Waals surface area contributed by atoms with E-state index in [0.717, 1.165) is 32.9 Å². The second kappa shape index (κ2) is 9.44. The van der Waals surface area contributed by atoms with Gasteiger partial charge in [0.2, 0.25) is 0 Å². The highest BCUT2D eigenvalue weighted by atomic mass is 16.5. The van der Waals surface area contributed by atoms with Gasteiger partial charge < -0.3 is 14.8 Å². The maximum absolute atomic E-state index is 5.43. The summed E-state index contributed by atoms with van der Waals surface area (Å²) >= 11 is 0. The summed E-state index contributed by atoms with van der Waals surface area (Å²) in [4.78, 5) is 0. The van der Waals surface area contributed by atoms with Crippen molar-refractivity contribution in [1.82, 2.24) is 5.32 Å². The highest BCUT2D eigenvalue weighted by molar-refractivity contribution is 4.54. The largest absolute Gasteiger partial charge is 0.380 e. The first kappa shape index (κ1) is 13.9. The van der Waals surface area contributed by atoms with E-state index in [1.54, 1.807) is 0 Å². The number of hydrogen-bond donors (Lipinski definition) is 1. The molecule has 1 unspecified atom stereocenters. The molecule has 14 heavy (non-hydrogen) atoms. The molecular weight excluding hydrogens is 178 g/mol. The van der Waals surface area contributed by atoms with Gasteiger partial charge in [-0.05, 0) is 19.8 Å². The summed E-state index contributed by atoms with van der Waals surface area (Å²) in [5.74, 6) is 0.623. The van der Waals surface area contributed by atoms with Crippen molar-refractivity contribution in [2.75, 3.05) is 32.9 Å². The molecule has 1 atom stereocenters. The Hall–Kier alpha value is -0.120. The summed E-state index contributed by atoms with van der Waals surface area (Å²) in [5, 5.41) is 3.29. The summed E-state index contributed by atoms with van der Waals surface area (Å²) in [5.41, 5.74) is 0. The van der Waals surface area contributed by atoms with Gasteiger partial charge in [0.15, 0.2) is 0 Å². The van der Waals surface area contributed by atoms with Crippen LogP contribution in [0.15, 0.2) is 0 Å². The molecule has 3 nitrogen and oxygen atoms in total. The third-order valence-corrected chi connectivity index (χ3v) is 1.76. The van der Waals surface area contributed by atoms with E-state index in [1.165, 1.54) is 0 Å². The number of nitrogens with one attached hydrogen (secondary N) is 1. The lowest BCUT2D eigenvalue weighted by molar-refractivity contribution is 0.0709. The molecular formula is C11H25NO2. The molecule has 0 bridgehead atoms. The molecule has 0 fully saturated rings. The molecule has 0 aliphatic heterocycles. The third kappa shape index (κ3) is 9.96. The van der Waals surface area contributed by atoms with Crippen LogP contribution in [0.3, 0.4) is 0 Å². The normalized spacial score (nSPS) is 13.5. The minimum absolute atomic E-state index is 0.296. The average Bonchev–Trinajstić information content (AvgIpc) is 2.11. The Kier molecular flexibility index (Phi) is 9.35. The molecule has 0 radical (unpaired) electrons. The van der Waals surface area contributed by atoms with E-state index in [9.17, 15) is 0 Å². The van der Waals surface area contributed by atoms with E-state index in [0.29, 0.717) is 12.0 Å². The Morgan fingerprint density at radius 1 is 1.21 bits per heavy atom. The van der Waals surface area contributed by atoms with Gasteiger partial charge in [-0.1, -0.05) is 13.8 Å². The van der Waals surface area contributed by atoms with Gasteiger partial charge in [0.1, 0.15) is 0 Å². The molecule has 0 aliphatic rings. The van der Waals surface area contributed by atoms with Crippen LogP contribution < -0.4 is 5.32 Å². The van der Waals surface area contributed by atoms with Crippen molar-refractivity contribution in [3.8, 4) is 0 Å². The Bertz CT molecular complexity index is 118. The molecule has 0 aliphatic carbocycles. The topological polar surface area (TPSA) is 30.5 Å². The van der Waals surface area contributed by atoms with Crippen LogP contribution in [0, 0.1) is 5.92 Å². The Labute approximate surface area is 88.2 Å². The van der Waals surface area contributed by atoms with Crippen LogP contribution in [0.4, 0.5) is 0 Å². The maximum atomic E-state index is 5.43. The molecule has 0 saturated carbocycles. The van der Waals surface area contributed by atoms with Crippen LogP contribution in [0.1, 0.15) is 27.7 Å². The molecule has 0 heterocycles. The van der Waals surface area contributed by atoms with Crippen molar-refractivity contribution < 1.29 is 9.47 Å². The Morgan fingerprint density at radius 3 is 2.50 bits per heavy atom. The first-order valence-electron chi connectivity index (χ1n) is 5.56. The molecule has 0 saturated heterocycles. The zero-order valence-corrected chi connectivity index (χ0v) is 10.0. The molecule has 0 spiro atoms. The summed E-state index contributed by atoms with van der Waals surface area (Å²) in [6.45, 7) is 12.6. The number of ether oxygens (including phenoxy) is 2. The fourth-order valence-electron chi connectivity index (χ4n) is 1.11. The number of rotatable bonds is 9. The fraction of sp³-hybridized carbons (Fsp3) is 1.00. The molecule has 0 aromatic carbocycles. The fourth-order valence-corrected chi connectivity index (χ4v) is 1.11. The maximum Gasteiger partial charge on any atom is 0.0671 e. The van der Waals surface area contributed by atoms with Crippen molar-refractivity contribution in [2.24, 2.45) is 5.92 Å². The zero-order valence-electron chi connectivity index (χ0n) is 10.0. The minimum atomic E-state index is 0.296. The molecule has 1 N–H and O–H groups in total. The predicted octanol–water partition coefficient (Wildman–Crippen LogP) is 1.67. The van der Waals surface area contributed by atoms with Gasteiger partial charge in [-0.15, -0.1) is 0 Å². The van der Waals surface area contributed by atoms with E-state index in [-0.39, 0.29) is 0 Å². The summed E-state index contributed by atoms with van der Waals surface area (Å²) in [6.07, 6.45) is 0.296. The first-order valence-corrected chi connectivity index (χ1v) is 5.56. The average molecular weight is 203 g/mol. The Morgan fingerprint density at radius 2 is 1.93 bits per heavy atom. The number of hydrogen-bond acceptors (Lipinski definition) is 3. The van der Waals surface area contributed by atoms with Gasteiger partial charge in [-0.3, -0.25) is 0 Å². The summed E-state index contributed by atoms with van der Waals surface area (Å²) < 4.78 is 10.8. The minimum Gasteiger partial charge on any atom is -0.380 e. The van der Waals surface area contributed by atoms with Gasteiger partial charge in [0.25, 0.3) is 0 Å². The highest BCUT2D eigenvalue weighted by Crippen LogP contribution is 1.91. The van der Waals surface area contributed by atoms with E-state index in [1.807, 2.05) is 6.92 Å². The zero-order chi connectivity index (χ0) is 10.8.